The number of ether oxygens (including phenoxy) is 1. The fourth-order valence-corrected chi connectivity index (χ4v) is 1.44. The minimum atomic E-state index is -1.11. The number of nitrogens with one attached hydrogen (secondary N) is 1. The summed E-state index contributed by atoms with van der Waals surface area (Å²) < 4.78 is 5.07. The second-order valence-electron chi connectivity index (χ2n) is 5.25. The van der Waals surface area contributed by atoms with Gasteiger partial charge in [0.25, 0.3) is 0 Å². The van der Waals surface area contributed by atoms with Crippen molar-refractivity contribution in [2.24, 2.45) is 0 Å². The van der Waals surface area contributed by atoms with E-state index in [1.807, 2.05) is 0 Å². The van der Waals surface area contributed by atoms with E-state index < -0.39 is 17.7 Å². The molecule has 0 saturated heterocycles. The van der Waals surface area contributed by atoms with Crippen molar-refractivity contribution in [1.29, 1.82) is 0 Å². The van der Waals surface area contributed by atoms with Gasteiger partial charge in [0.1, 0.15) is 5.60 Å². The molecule has 0 bridgehead atoms. The maximum atomic E-state index is 11.4. The molecule has 0 aliphatic carbocycles. The van der Waals surface area contributed by atoms with Gasteiger partial charge in [0.15, 0.2) is 0 Å². The summed E-state index contributed by atoms with van der Waals surface area (Å²) in [6, 6.07) is 1.40. The second kappa shape index (κ2) is 6.23. The van der Waals surface area contributed by atoms with Crippen LogP contribution in [0.5, 0.6) is 0 Å². The Bertz CT molecular complexity index is 509. The molecule has 1 rings (SSSR count). The third-order valence-corrected chi connectivity index (χ3v) is 2.27. The number of anilines is 1. The highest BCUT2D eigenvalue weighted by Crippen LogP contribution is 2.12. The molecular formula is C13H19N3O4. The fourth-order valence-electron chi connectivity index (χ4n) is 1.44. The van der Waals surface area contributed by atoms with Crippen molar-refractivity contribution in [1.82, 2.24) is 10.3 Å². The van der Waals surface area contributed by atoms with Crippen LogP contribution in [-0.4, -0.2) is 34.3 Å². The zero-order valence-electron chi connectivity index (χ0n) is 11.8. The first kappa shape index (κ1) is 15.7. The van der Waals surface area contributed by atoms with Crippen LogP contribution in [0.1, 0.15) is 36.8 Å². The number of nitrogen functional groups attached to an aromatic ring is 1. The van der Waals surface area contributed by atoms with Crippen LogP contribution in [-0.2, 0) is 11.2 Å². The van der Waals surface area contributed by atoms with E-state index in [1.165, 1.54) is 12.3 Å². The van der Waals surface area contributed by atoms with E-state index in [1.54, 1.807) is 20.8 Å². The zero-order valence-corrected chi connectivity index (χ0v) is 11.8. The number of carbonyl (C=O) groups excluding carboxylic acids is 1. The van der Waals surface area contributed by atoms with E-state index in [0.717, 1.165) is 0 Å². The second-order valence-corrected chi connectivity index (χ2v) is 5.25. The first-order valence-electron chi connectivity index (χ1n) is 6.13. The molecular weight excluding hydrogens is 262 g/mol. The molecule has 0 radical (unpaired) electrons. The number of pyridine rings is 1. The van der Waals surface area contributed by atoms with Gasteiger partial charge < -0.3 is 20.9 Å². The maximum absolute atomic E-state index is 11.4. The summed E-state index contributed by atoms with van der Waals surface area (Å²) in [5, 5.41) is 11.5. The average molecular weight is 281 g/mol. The summed E-state index contributed by atoms with van der Waals surface area (Å²) in [4.78, 5) is 26.3. The van der Waals surface area contributed by atoms with Crippen molar-refractivity contribution >= 4 is 17.7 Å². The standard InChI is InChI=1S/C13H19N3O4/c1-13(2,3)20-12(19)15-5-4-8-6-9(11(17)18)10(14)7-16-8/h6-7H,4-5,14H2,1-3H3,(H,15,19)(H,17,18). The third-order valence-electron chi connectivity index (χ3n) is 2.27. The van der Waals surface area contributed by atoms with Gasteiger partial charge in [-0.05, 0) is 26.8 Å². The summed E-state index contributed by atoms with van der Waals surface area (Å²) in [7, 11) is 0. The lowest BCUT2D eigenvalue weighted by Gasteiger charge is -2.19. The molecule has 1 amide bonds. The average Bonchev–Trinajstić information content (AvgIpc) is 2.28. The molecule has 0 atom stereocenters. The number of aromatic carboxylic acids is 1. The lowest BCUT2D eigenvalue weighted by Crippen LogP contribution is -2.33. The van der Waals surface area contributed by atoms with Gasteiger partial charge in [0, 0.05) is 18.7 Å². The smallest absolute Gasteiger partial charge is 0.407 e. The largest absolute Gasteiger partial charge is 0.478 e. The van der Waals surface area contributed by atoms with Crippen LogP contribution in [0.2, 0.25) is 0 Å². The van der Waals surface area contributed by atoms with E-state index in [0.29, 0.717) is 18.7 Å². The number of hydrogen-bond donors (Lipinski definition) is 3. The van der Waals surface area contributed by atoms with Crippen LogP contribution >= 0.6 is 0 Å². The molecule has 4 N–H and O–H groups in total. The topological polar surface area (TPSA) is 115 Å². The van der Waals surface area contributed by atoms with Crippen LogP contribution in [0.4, 0.5) is 10.5 Å². The van der Waals surface area contributed by atoms with Gasteiger partial charge >= 0.3 is 12.1 Å². The minimum Gasteiger partial charge on any atom is -0.478 e. The number of rotatable bonds is 4. The summed E-state index contributed by atoms with van der Waals surface area (Å²) in [5.41, 5.74) is 5.60. The number of alkyl carbamates (subject to hydrolysis) is 1. The summed E-state index contributed by atoms with van der Waals surface area (Å²) in [6.07, 6.45) is 1.16. The Morgan fingerprint density at radius 1 is 1.45 bits per heavy atom. The highest BCUT2D eigenvalue weighted by molar-refractivity contribution is 5.93. The Kier molecular flexibility index (Phi) is 4.90. The molecule has 0 fully saturated rings. The molecule has 7 heteroatoms. The van der Waals surface area contributed by atoms with E-state index in [2.05, 4.69) is 10.3 Å². The van der Waals surface area contributed by atoms with Crippen LogP contribution < -0.4 is 11.1 Å². The lowest BCUT2D eigenvalue weighted by molar-refractivity contribution is 0.0527. The first-order chi connectivity index (χ1) is 9.19. The van der Waals surface area contributed by atoms with E-state index in [4.69, 9.17) is 15.6 Å². The Balaban J connectivity index is 2.53. The molecule has 0 unspecified atom stereocenters. The number of carboxylic acids is 1. The van der Waals surface area contributed by atoms with E-state index >= 15 is 0 Å². The highest BCUT2D eigenvalue weighted by Gasteiger charge is 2.15. The fraction of sp³-hybridized carbons (Fsp3) is 0.462. The van der Waals surface area contributed by atoms with Gasteiger partial charge in [-0.3, -0.25) is 4.98 Å². The lowest BCUT2D eigenvalue weighted by atomic mass is 10.1. The van der Waals surface area contributed by atoms with Crippen molar-refractivity contribution in [3.8, 4) is 0 Å². The summed E-state index contributed by atoms with van der Waals surface area (Å²) in [5.74, 6) is -1.11. The number of carboxylic acid groups (broad SMARTS) is 1. The van der Waals surface area contributed by atoms with Crippen LogP contribution in [0.25, 0.3) is 0 Å². The zero-order chi connectivity index (χ0) is 15.3. The predicted molar refractivity (Wildman–Crippen MR) is 73.5 cm³/mol. The summed E-state index contributed by atoms with van der Waals surface area (Å²) in [6.45, 7) is 5.61. The molecule has 0 aliphatic rings. The number of amides is 1. The Morgan fingerprint density at radius 3 is 2.65 bits per heavy atom. The molecule has 0 aromatic carbocycles. The first-order valence-corrected chi connectivity index (χ1v) is 6.13. The molecule has 0 spiro atoms. The van der Waals surface area contributed by atoms with Gasteiger partial charge in [-0.2, -0.15) is 0 Å². The van der Waals surface area contributed by atoms with Crippen molar-refractivity contribution in [2.45, 2.75) is 32.8 Å². The maximum Gasteiger partial charge on any atom is 0.407 e. The van der Waals surface area contributed by atoms with Crippen LogP contribution in [0, 0.1) is 0 Å². The monoisotopic (exact) mass is 281 g/mol. The van der Waals surface area contributed by atoms with E-state index in [-0.39, 0.29) is 11.3 Å². The number of nitrogens with two attached hydrogens (primary N) is 1. The molecule has 1 aromatic heterocycles. The summed E-state index contributed by atoms with van der Waals surface area (Å²) >= 11 is 0. The number of carbonyl (C=O) groups is 2. The van der Waals surface area contributed by atoms with Crippen molar-refractivity contribution in [3.63, 3.8) is 0 Å². The molecule has 7 nitrogen and oxygen atoms in total. The van der Waals surface area contributed by atoms with Gasteiger partial charge in [-0.25, -0.2) is 9.59 Å². The Labute approximate surface area is 117 Å². The quantitative estimate of drug-likeness (QED) is 0.769. The molecule has 20 heavy (non-hydrogen) atoms. The molecule has 0 saturated carbocycles. The van der Waals surface area contributed by atoms with Gasteiger partial charge in [0.2, 0.25) is 0 Å². The van der Waals surface area contributed by atoms with Crippen LogP contribution in [0.15, 0.2) is 12.3 Å². The number of aromatic nitrogens is 1. The van der Waals surface area contributed by atoms with E-state index in [9.17, 15) is 9.59 Å². The SMILES string of the molecule is CC(C)(C)OC(=O)NCCc1cc(C(=O)O)c(N)cn1. The molecule has 1 aromatic rings. The molecule has 0 aliphatic heterocycles. The van der Waals surface area contributed by atoms with Gasteiger partial charge in [0.05, 0.1) is 17.4 Å². The highest BCUT2D eigenvalue weighted by atomic mass is 16.6. The van der Waals surface area contributed by atoms with Crippen molar-refractivity contribution in [2.75, 3.05) is 12.3 Å². The third kappa shape index (κ3) is 5.13. The normalized spacial score (nSPS) is 10.9. The predicted octanol–water partition coefficient (Wildman–Crippen LogP) is 1.43. The van der Waals surface area contributed by atoms with Gasteiger partial charge in [-0.1, -0.05) is 0 Å². The number of hydrogen-bond acceptors (Lipinski definition) is 5. The minimum absolute atomic E-state index is 0.00673. The van der Waals surface area contributed by atoms with Crippen molar-refractivity contribution < 1.29 is 19.4 Å². The Morgan fingerprint density at radius 2 is 2.10 bits per heavy atom. The molecule has 110 valence electrons. The van der Waals surface area contributed by atoms with Crippen LogP contribution in [0.3, 0.4) is 0 Å². The number of nitrogens with zero attached hydrogens (tertiary/aromatic N) is 1. The Hall–Kier alpha value is -2.31. The van der Waals surface area contributed by atoms with Gasteiger partial charge in [-0.15, -0.1) is 0 Å². The van der Waals surface area contributed by atoms with Crippen molar-refractivity contribution in [3.05, 3.63) is 23.5 Å². The molecule has 1 heterocycles.